The molecular formula is H10AuBr4O5. The van der Waals surface area contributed by atoms with Gasteiger partial charge in [0.1, 0.15) is 0 Å². The van der Waals surface area contributed by atoms with Crippen molar-refractivity contribution in [2.24, 2.45) is 0 Å². The number of hydrogen-bond donors (Lipinski definition) is 0. The molecule has 10 heavy (non-hydrogen) atoms. The third-order valence-electron chi connectivity index (χ3n) is 0. The Hall–Kier alpha value is 2.46. The Balaban J connectivity index is -0.00000000800. The molecule has 0 amide bonds. The van der Waals surface area contributed by atoms with Crippen LogP contribution in [-0.4, -0.2) is 27.4 Å². The van der Waals surface area contributed by atoms with Gasteiger partial charge in [0.15, 0.2) is 0 Å². The third kappa shape index (κ3) is 155. The molecule has 0 fully saturated rings. The number of halogens is 4. The predicted octanol–water partition coefficient (Wildman–Crippen LogP) is -0.744. The van der Waals surface area contributed by atoms with E-state index in [-0.39, 0.29) is 27.4 Å². The van der Waals surface area contributed by atoms with Crippen molar-refractivity contribution in [1.82, 2.24) is 0 Å². The Morgan fingerprint density at radius 3 is 0.500 bits per heavy atom. The topological polar surface area (TPSA) is 158 Å². The van der Waals surface area contributed by atoms with Gasteiger partial charge in [-0.3, -0.25) is 0 Å². The van der Waals surface area contributed by atoms with Gasteiger partial charge < -0.3 is 27.4 Å². The van der Waals surface area contributed by atoms with Crippen LogP contribution in [0.25, 0.3) is 0 Å². The molecule has 0 atom stereocenters. The van der Waals surface area contributed by atoms with Crippen LogP contribution >= 0.6 is 52.1 Å². The molecule has 10 heteroatoms. The summed E-state index contributed by atoms with van der Waals surface area (Å²) in [5.74, 6) is 0. The van der Waals surface area contributed by atoms with Crippen LogP contribution in [0.1, 0.15) is 0 Å². The first-order valence-electron chi connectivity index (χ1n) is 0.456. The monoisotopic (exact) mass is 603 g/mol. The summed E-state index contributed by atoms with van der Waals surface area (Å²) in [6, 6.07) is 0. The first-order chi connectivity index (χ1) is 2.00. The predicted molar refractivity (Wildman–Crippen MR) is 53.8 cm³/mol. The summed E-state index contributed by atoms with van der Waals surface area (Å²) in [4.78, 5) is 0. The maximum atomic E-state index is 3.30. The van der Waals surface area contributed by atoms with Crippen molar-refractivity contribution in [2.75, 3.05) is 0 Å². The van der Waals surface area contributed by atoms with Crippen LogP contribution in [0.4, 0.5) is 0 Å². The van der Waals surface area contributed by atoms with E-state index in [1.165, 1.54) is 0 Å². The van der Waals surface area contributed by atoms with E-state index in [4.69, 9.17) is 0 Å². The van der Waals surface area contributed by atoms with Crippen LogP contribution in [0.3, 0.4) is 0 Å². The molecule has 0 aromatic rings. The standard InChI is InChI=1S/Au.4BrH.5H2O/h;4*1H;5*1H2/q+4;;;;;;;;;/p-4. The van der Waals surface area contributed by atoms with Gasteiger partial charge in [-0.25, -0.2) is 0 Å². The van der Waals surface area contributed by atoms with E-state index in [0.717, 1.165) is 0 Å². The third-order valence-corrected chi connectivity index (χ3v) is 0. The molecule has 0 aromatic carbocycles. The molecule has 0 rings (SSSR count). The van der Waals surface area contributed by atoms with Crippen molar-refractivity contribution in [3.05, 3.63) is 0 Å². The quantitative estimate of drug-likeness (QED) is 0.319. The second-order valence-corrected chi connectivity index (χ2v) is 57.1. The van der Waals surface area contributed by atoms with Crippen molar-refractivity contribution in [3.63, 3.8) is 0 Å². The Bertz CT molecular complexity index is 29.1. The Labute approximate surface area is 86.8 Å². The van der Waals surface area contributed by atoms with Gasteiger partial charge in [-0.15, -0.1) is 0 Å². The zero-order chi connectivity index (χ0) is 4.50. The maximum absolute atomic E-state index is 3.30. The molecular weight excluding hydrogens is 597 g/mol. The molecule has 0 aromatic heterocycles. The van der Waals surface area contributed by atoms with Gasteiger partial charge in [-0.2, -0.15) is 0 Å². The molecule has 0 unspecified atom stereocenters. The Morgan fingerprint density at radius 1 is 0.500 bits per heavy atom. The van der Waals surface area contributed by atoms with Gasteiger partial charge in [0.2, 0.25) is 0 Å². The van der Waals surface area contributed by atoms with Gasteiger partial charge in [0.05, 0.1) is 0 Å². The fraction of sp³-hybridized carbons (Fsp3) is 0. The average Bonchev–Trinajstić information content (AvgIpc) is 0.722. The molecule has 0 bridgehead atoms. The summed E-state index contributed by atoms with van der Waals surface area (Å²) in [7, 11) is -1.64. The summed E-state index contributed by atoms with van der Waals surface area (Å²) in [5.41, 5.74) is 0. The van der Waals surface area contributed by atoms with Gasteiger partial charge in [0.25, 0.3) is 0 Å². The van der Waals surface area contributed by atoms with Gasteiger partial charge in [0, 0.05) is 0 Å². The molecule has 10 N–H and O–H groups in total. The SMILES string of the molecule is O.O.O.O.O.[Br][Au]([Br])([Br])[Br]. The van der Waals surface area contributed by atoms with Crippen LogP contribution in [0.5, 0.6) is 0 Å². The van der Waals surface area contributed by atoms with Crippen molar-refractivity contribution in [3.8, 4) is 0 Å². The molecule has 0 saturated heterocycles. The minimum atomic E-state index is -1.64. The molecule has 79 valence electrons. The van der Waals surface area contributed by atoms with E-state index in [1.807, 2.05) is 0 Å². The van der Waals surface area contributed by atoms with Crippen molar-refractivity contribution >= 4 is 52.1 Å². The van der Waals surface area contributed by atoms with Crippen LogP contribution in [0.2, 0.25) is 0 Å². The van der Waals surface area contributed by atoms with Crippen molar-refractivity contribution < 1.29 is 36.0 Å². The summed E-state index contributed by atoms with van der Waals surface area (Å²) in [6.45, 7) is 0. The normalized spacial score (nSPS) is 7.60. The van der Waals surface area contributed by atoms with Crippen molar-refractivity contribution in [2.45, 2.75) is 0 Å². The minimum absolute atomic E-state index is 0. The van der Waals surface area contributed by atoms with Gasteiger partial charge >= 0.3 is 60.7 Å². The molecule has 0 heterocycles. The molecule has 5 nitrogen and oxygen atoms in total. The van der Waals surface area contributed by atoms with Crippen LogP contribution in [-0.2, 0) is 8.59 Å². The van der Waals surface area contributed by atoms with Crippen LogP contribution in [0.15, 0.2) is 0 Å². The Kier molecular flexibility index (Phi) is 68.7. The van der Waals surface area contributed by atoms with Crippen LogP contribution in [0, 0.1) is 0 Å². The summed E-state index contributed by atoms with van der Waals surface area (Å²) in [5, 5.41) is 0. The summed E-state index contributed by atoms with van der Waals surface area (Å²) in [6.07, 6.45) is 0. The molecule has 0 saturated carbocycles. The van der Waals surface area contributed by atoms with E-state index in [9.17, 15) is 0 Å². The second-order valence-electron chi connectivity index (χ2n) is 0.258. The average molecular weight is 607 g/mol. The number of hydrogen-bond acceptors (Lipinski definition) is 0. The van der Waals surface area contributed by atoms with E-state index in [2.05, 4.69) is 52.1 Å². The zero-order valence-corrected chi connectivity index (χ0v) is 12.8. The van der Waals surface area contributed by atoms with Gasteiger partial charge in [-0.1, -0.05) is 0 Å². The fourth-order valence-corrected chi connectivity index (χ4v) is 0. The molecule has 0 aliphatic rings. The van der Waals surface area contributed by atoms with E-state index >= 15 is 0 Å². The number of rotatable bonds is 0. The van der Waals surface area contributed by atoms with E-state index < -0.39 is 8.59 Å². The van der Waals surface area contributed by atoms with Crippen LogP contribution < -0.4 is 0 Å². The first kappa shape index (κ1) is 39.2. The zero-order valence-electron chi connectivity index (χ0n) is 4.31. The summed E-state index contributed by atoms with van der Waals surface area (Å²) < 4.78 is 0. The van der Waals surface area contributed by atoms with E-state index in [1.54, 1.807) is 0 Å². The molecule has 0 radical (unpaired) electrons. The molecule has 0 spiro atoms. The second kappa shape index (κ2) is 17.5. The Morgan fingerprint density at radius 2 is 0.500 bits per heavy atom. The van der Waals surface area contributed by atoms with Gasteiger partial charge in [-0.05, 0) is 0 Å². The van der Waals surface area contributed by atoms with E-state index in [0.29, 0.717) is 0 Å². The fourth-order valence-electron chi connectivity index (χ4n) is 0. The first-order valence-corrected chi connectivity index (χ1v) is 19.4. The van der Waals surface area contributed by atoms with Crippen molar-refractivity contribution in [1.29, 1.82) is 0 Å². The molecule has 0 aliphatic heterocycles. The molecule has 0 aliphatic carbocycles. The summed E-state index contributed by atoms with van der Waals surface area (Å²) >= 11 is 13.2.